The SMILES string of the molecule is CC(CO)CCN(C(=O)OC(C)(C)C)C(=O)OC(C)(C)C. The van der Waals surface area contributed by atoms with Crippen LogP contribution in [0.4, 0.5) is 9.59 Å². The van der Waals surface area contributed by atoms with Gasteiger partial charge in [-0.2, -0.15) is 0 Å². The summed E-state index contributed by atoms with van der Waals surface area (Å²) in [7, 11) is 0. The fourth-order valence-electron chi connectivity index (χ4n) is 1.33. The Morgan fingerprint density at radius 2 is 1.38 bits per heavy atom. The van der Waals surface area contributed by atoms with E-state index in [1.54, 1.807) is 41.5 Å². The molecule has 0 heterocycles. The van der Waals surface area contributed by atoms with Crippen molar-refractivity contribution < 1.29 is 24.2 Å². The summed E-state index contributed by atoms with van der Waals surface area (Å²) in [5.74, 6) is -0.0163. The van der Waals surface area contributed by atoms with E-state index in [2.05, 4.69) is 0 Å². The van der Waals surface area contributed by atoms with Crippen molar-refractivity contribution in [1.82, 2.24) is 4.90 Å². The van der Waals surface area contributed by atoms with Gasteiger partial charge in [0.15, 0.2) is 0 Å². The van der Waals surface area contributed by atoms with Gasteiger partial charge in [-0.3, -0.25) is 0 Å². The third kappa shape index (κ3) is 9.28. The molecule has 0 saturated heterocycles. The summed E-state index contributed by atoms with van der Waals surface area (Å²) in [6, 6.07) is 0. The average Bonchev–Trinajstić information content (AvgIpc) is 2.23. The van der Waals surface area contributed by atoms with Crippen LogP contribution in [0.2, 0.25) is 0 Å². The highest BCUT2D eigenvalue weighted by Crippen LogP contribution is 2.15. The third-order valence-corrected chi connectivity index (χ3v) is 2.38. The summed E-state index contributed by atoms with van der Waals surface area (Å²) in [5.41, 5.74) is -1.39. The van der Waals surface area contributed by atoms with E-state index in [0.717, 1.165) is 4.90 Å². The quantitative estimate of drug-likeness (QED) is 0.863. The molecule has 0 aromatic carbocycles. The molecule has 1 N–H and O–H groups in total. The average molecular weight is 303 g/mol. The van der Waals surface area contributed by atoms with E-state index in [1.807, 2.05) is 6.92 Å². The number of nitrogens with zero attached hydrogens (tertiary/aromatic N) is 1. The number of carbonyl (C=O) groups excluding carboxylic acids is 2. The highest BCUT2D eigenvalue weighted by molar-refractivity contribution is 5.88. The second-order valence-electron chi connectivity index (χ2n) is 7.19. The van der Waals surface area contributed by atoms with Crippen molar-refractivity contribution in [3.05, 3.63) is 0 Å². The Hall–Kier alpha value is -1.30. The molecule has 1 unspecified atom stereocenters. The predicted molar refractivity (Wildman–Crippen MR) is 80.0 cm³/mol. The minimum atomic E-state index is -0.734. The number of carbonyl (C=O) groups is 2. The van der Waals surface area contributed by atoms with Gasteiger partial charge >= 0.3 is 12.2 Å². The van der Waals surface area contributed by atoms with Gasteiger partial charge in [-0.15, -0.1) is 0 Å². The zero-order chi connectivity index (χ0) is 16.8. The van der Waals surface area contributed by atoms with Crippen LogP contribution in [0.15, 0.2) is 0 Å². The smallest absolute Gasteiger partial charge is 0.419 e. The molecule has 124 valence electrons. The van der Waals surface area contributed by atoms with Gasteiger partial charge < -0.3 is 14.6 Å². The van der Waals surface area contributed by atoms with E-state index in [9.17, 15) is 9.59 Å². The van der Waals surface area contributed by atoms with Crippen molar-refractivity contribution >= 4 is 12.2 Å². The fourth-order valence-corrected chi connectivity index (χ4v) is 1.33. The Balaban J connectivity index is 4.91. The number of aliphatic hydroxyl groups is 1. The minimum absolute atomic E-state index is 0.00350. The van der Waals surface area contributed by atoms with Crippen molar-refractivity contribution in [2.45, 2.75) is 66.1 Å². The number of hydrogen-bond donors (Lipinski definition) is 1. The minimum Gasteiger partial charge on any atom is -0.443 e. The Labute approximate surface area is 127 Å². The van der Waals surface area contributed by atoms with E-state index in [4.69, 9.17) is 14.6 Å². The largest absolute Gasteiger partial charge is 0.443 e. The molecule has 0 bridgehead atoms. The number of ether oxygens (including phenoxy) is 2. The summed E-state index contributed by atoms with van der Waals surface area (Å²) >= 11 is 0. The summed E-state index contributed by atoms with van der Waals surface area (Å²) in [4.78, 5) is 25.2. The Morgan fingerprint density at radius 3 is 1.67 bits per heavy atom. The van der Waals surface area contributed by atoms with Crippen LogP contribution < -0.4 is 0 Å². The molecule has 6 heteroatoms. The lowest BCUT2D eigenvalue weighted by Crippen LogP contribution is -2.44. The van der Waals surface area contributed by atoms with Crippen LogP contribution in [0.25, 0.3) is 0 Å². The molecule has 0 saturated carbocycles. The molecule has 0 fully saturated rings. The zero-order valence-corrected chi connectivity index (χ0v) is 14.2. The Kier molecular flexibility index (Phi) is 7.16. The first-order valence-electron chi connectivity index (χ1n) is 7.20. The van der Waals surface area contributed by atoms with Gasteiger partial charge in [-0.05, 0) is 53.9 Å². The zero-order valence-electron chi connectivity index (χ0n) is 14.2. The summed E-state index contributed by atoms with van der Waals surface area (Å²) in [5, 5.41) is 9.05. The predicted octanol–water partition coefficient (Wildman–Crippen LogP) is 3.18. The van der Waals surface area contributed by atoms with Crippen LogP contribution in [-0.4, -0.2) is 46.5 Å². The second kappa shape index (κ2) is 7.64. The molecule has 0 aliphatic heterocycles. The molecule has 0 aliphatic rings. The standard InChI is InChI=1S/C15H29NO5/c1-11(10-17)8-9-16(12(18)20-14(2,3)4)13(19)21-15(5,6)7/h11,17H,8-10H2,1-7H3. The first-order valence-corrected chi connectivity index (χ1v) is 7.20. The Morgan fingerprint density at radius 1 is 1.00 bits per heavy atom. The van der Waals surface area contributed by atoms with Crippen LogP contribution in [0.5, 0.6) is 0 Å². The first-order chi connectivity index (χ1) is 9.35. The van der Waals surface area contributed by atoms with Gasteiger partial charge in [-0.1, -0.05) is 6.92 Å². The molecule has 21 heavy (non-hydrogen) atoms. The van der Waals surface area contributed by atoms with Gasteiger partial charge in [0.2, 0.25) is 0 Å². The Bertz CT molecular complexity index is 326. The van der Waals surface area contributed by atoms with Crippen LogP contribution >= 0.6 is 0 Å². The molecule has 0 radical (unpaired) electrons. The van der Waals surface area contributed by atoms with Crippen molar-refractivity contribution in [2.24, 2.45) is 5.92 Å². The van der Waals surface area contributed by atoms with Gasteiger partial charge in [0.05, 0.1) is 0 Å². The third-order valence-electron chi connectivity index (χ3n) is 2.38. The first kappa shape index (κ1) is 19.7. The molecule has 1 atom stereocenters. The van der Waals surface area contributed by atoms with Crippen LogP contribution in [0, 0.1) is 5.92 Å². The summed E-state index contributed by atoms with van der Waals surface area (Å²) < 4.78 is 10.5. The van der Waals surface area contributed by atoms with Crippen molar-refractivity contribution in [3.8, 4) is 0 Å². The monoisotopic (exact) mass is 303 g/mol. The lowest BCUT2D eigenvalue weighted by molar-refractivity contribution is 0.000229. The maximum Gasteiger partial charge on any atom is 0.419 e. The number of imide groups is 1. The molecule has 2 amide bonds. The van der Waals surface area contributed by atoms with E-state index in [0.29, 0.717) is 6.42 Å². The molecule has 0 aromatic heterocycles. The van der Waals surface area contributed by atoms with Gasteiger partial charge in [0.1, 0.15) is 11.2 Å². The lowest BCUT2D eigenvalue weighted by atomic mass is 10.1. The normalized spacial score (nSPS) is 13.5. The van der Waals surface area contributed by atoms with E-state index in [-0.39, 0.29) is 19.1 Å². The topological polar surface area (TPSA) is 76.1 Å². The molecule has 6 nitrogen and oxygen atoms in total. The number of aliphatic hydroxyl groups excluding tert-OH is 1. The van der Waals surface area contributed by atoms with Gasteiger partial charge in [-0.25, -0.2) is 14.5 Å². The van der Waals surface area contributed by atoms with Gasteiger partial charge in [0, 0.05) is 13.2 Å². The maximum atomic E-state index is 12.1. The summed E-state index contributed by atoms with van der Waals surface area (Å²) in [6.45, 7) is 12.4. The molecule has 0 aliphatic carbocycles. The molecule has 0 spiro atoms. The van der Waals surface area contributed by atoms with Crippen LogP contribution in [0.1, 0.15) is 54.9 Å². The van der Waals surface area contributed by atoms with Crippen molar-refractivity contribution in [2.75, 3.05) is 13.2 Å². The number of hydrogen-bond acceptors (Lipinski definition) is 5. The van der Waals surface area contributed by atoms with E-state index >= 15 is 0 Å². The number of rotatable bonds is 4. The van der Waals surface area contributed by atoms with Gasteiger partial charge in [0.25, 0.3) is 0 Å². The molecular weight excluding hydrogens is 274 g/mol. The van der Waals surface area contributed by atoms with E-state index in [1.165, 1.54) is 0 Å². The van der Waals surface area contributed by atoms with Crippen molar-refractivity contribution in [1.29, 1.82) is 0 Å². The summed E-state index contributed by atoms with van der Waals surface area (Å²) in [6.07, 6.45) is -0.988. The molecular formula is C15H29NO5. The van der Waals surface area contributed by atoms with Crippen molar-refractivity contribution in [3.63, 3.8) is 0 Å². The fraction of sp³-hybridized carbons (Fsp3) is 0.867. The maximum absolute atomic E-state index is 12.1. The molecule has 0 aromatic rings. The second-order valence-corrected chi connectivity index (χ2v) is 7.19. The number of amides is 2. The molecule has 0 rings (SSSR count). The van der Waals surface area contributed by atoms with E-state index < -0.39 is 23.4 Å². The van der Waals surface area contributed by atoms with Crippen LogP contribution in [0.3, 0.4) is 0 Å². The highest BCUT2D eigenvalue weighted by Gasteiger charge is 2.31. The highest BCUT2D eigenvalue weighted by atomic mass is 16.6. The lowest BCUT2D eigenvalue weighted by Gasteiger charge is -2.29. The van der Waals surface area contributed by atoms with Crippen LogP contribution in [-0.2, 0) is 9.47 Å².